The van der Waals surface area contributed by atoms with E-state index in [-0.39, 0.29) is 22.4 Å². The van der Waals surface area contributed by atoms with Crippen LogP contribution in [-0.4, -0.2) is 70.4 Å². The van der Waals surface area contributed by atoms with Gasteiger partial charge in [-0.15, -0.1) is 0 Å². The Morgan fingerprint density at radius 1 is 1.11 bits per heavy atom. The number of piperidine rings is 1. The Labute approximate surface area is 257 Å². The monoisotopic (exact) mass is 615 g/mol. The number of sulfonamides is 1. The molecule has 0 radical (unpaired) electrons. The normalized spacial score (nSPS) is 19.0. The topological polar surface area (TPSA) is 154 Å². The lowest BCUT2D eigenvalue weighted by molar-refractivity contribution is 0.0487. The lowest BCUT2D eigenvalue weighted by Gasteiger charge is -2.42. The van der Waals surface area contributed by atoms with Gasteiger partial charge in [-0.1, -0.05) is 0 Å². The molecule has 2 aromatic carbocycles. The van der Waals surface area contributed by atoms with Gasteiger partial charge >= 0.3 is 0 Å². The molecule has 2 fully saturated rings. The van der Waals surface area contributed by atoms with E-state index in [1.807, 2.05) is 28.6 Å². The molecule has 12 heteroatoms. The highest BCUT2D eigenvalue weighted by molar-refractivity contribution is 7.89. The fraction of sp³-hybridized carbons (Fsp3) is 0.438. The van der Waals surface area contributed by atoms with Crippen molar-refractivity contribution < 1.29 is 18.0 Å². The second-order valence-electron chi connectivity index (χ2n) is 12.7. The third kappa shape index (κ3) is 5.46. The van der Waals surface area contributed by atoms with Gasteiger partial charge in [0.2, 0.25) is 10.0 Å². The maximum absolute atomic E-state index is 13.7. The van der Waals surface area contributed by atoms with Crippen molar-refractivity contribution in [1.29, 1.82) is 5.26 Å². The van der Waals surface area contributed by atoms with Crippen LogP contribution in [0.1, 0.15) is 77.2 Å². The molecule has 44 heavy (non-hydrogen) atoms. The Bertz CT molecular complexity index is 1780. The first-order chi connectivity index (χ1) is 20.9. The van der Waals surface area contributed by atoms with Crippen LogP contribution in [0.4, 0.5) is 5.69 Å². The number of nitrogens with one attached hydrogen (secondary N) is 1. The summed E-state index contributed by atoms with van der Waals surface area (Å²) in [5.41, 5.74) is 9.53. The number of aromatic nitrogens is 2. The summed E-state index contributed by atoms with van der Waals surface area (Å²) in [6.45, 7) is 7.42. The number of nitrogens with zero attached hydrogens (tertiary/aromatic N) is 5. The van der Waals surface area contributed by atoms with E-state index in [1.54, 1.807) is 12.1 Å². The molecule has 0 bridgehead atoms. The van der Waals surface area contributed by atoms with Crippen molar-refractivity contribution in [2.45, 2.75) is 69.4 Å². The average Bonchev–Trinajstić information content (AvgIpc) is 3.76. The highest BCUT2D eigenvalue weighted by Gasteiger charge is 2.43. The van der Waals surface area contributed by atoms with Crippen LogP contribution < -0.4 is 11.1 Å². The predicted molar refractivity (Wildman–Crippen MR) is 165 cm³/mol. The number of nitriles is 1. The number of rotatable bonds is 8. The van der Waals surface area contributed by atoms with Crippen LogP contribution in [0.15, 0.2) is 47.4 Å². The van der Waals surface area contributed by atoms with Crippen LogP contribution >= 0.6 is 0 Å². The summed E-state index contributed by atoms with van der Waals surface area (Å²) >= 11 is 0. The zero-order valence-electron chi connectivity index (χ0n) is 25.2. The second-order valence-corrected chi connectivity index (χ2v) is 14.7. The highest BCUT2D eigenvalue weighted by Crippen LogP contribution is 2.38. The molecule has 2 aliphatic heterocycles. The van der Waals surface area contributed by atoms with Crippen LogP contribution in [-0.2, 0) is 16.4 Å². The Hall–Kier alpha value is -4.21. The third-order valence-corrected chi connectivity index (χ3v) is 10.9. The molecular weight excluding hydrogens is 578 g/mol. The largest absolute Gasteiger partial charge is 0.382 e. The molecule has 3 aromatic rings. The van der Waals surface area contributed by atoms with Gasteiger partial charge in [0.15, 0.2) is 0 Å². The van der Waals surface area contributed by atoms with Crippen molar-refractivity contribution in [2.75, 3.05) is 25.0 Å². The maximum Gasteiger partial charge on any atom is 0.258 e. The summed E-state index contributed by atoms with van der Waals surface area (Å²) in [5, 5.41) is 17.2. The van der Waals surface area contributed by atoms with Gasteiger partial charge in [-0.05, 0) is 94.8 Å². The summed E-state index contributed by atoms with van der Waals surface area (Å²) in [5.74, 6) is 0.0142. The van der Waals surface area contributed by atoms with Crippen LogP contribution in [0, 0.1) is 24.2 Å². The summed E-state index contributed by atoms with van der Waals surface area (Å²) in [6.07, 6.45) is 4.02. The lowest BCUT2D eigenvalue weighted by Crippen LogP contribution is -2.53. The van der Waals surface area contributed by atoms with Crippen molar-refractivity contribution >= 4 is 27.5 Å². The highest BCUT2D eigenvalue weighted by atomic mass is 32.2. The van der Waals surface area contributed by atoms with Crippen LogP contribution in [0.2, 0.25) is 0 Å². The summed E-state index contributed by atoms with van der Waals surface area (Å²) in [7, 11) is -3.70. The molecule has 3 heterocycles. The van der Waals surface area contributed by atoms with Gasteiger partial charge in [0.25, 0.3) is 11.8 Å². The molecule has 1 saturated carbocycles. The van der Waals surface area contributed by atoms with Crippen molar-refractivity contribution in [1.82, 2.24) is 19.0 Å². The van der Waals surface area contributed by atoms with Gasteiger partial charge < -0.3 is 16.0 Å². The molecule has 0 atom stereocenters. The number of anilines is 1. The minimum atomic E-state index is -3.70. The van der Waals surface area contributed by atoms with E-state index in [0.29, 0.717) is 72.0 Å². The summed E-state index contributed by atoms with van der Waals surface area (Å²) in [6, 6.07) is 13.1. The number of amides is 2. The quantitative estimate of drug-likeness (QED) is 0.392. The van der Waals surface area contributed by atoms with Crippen molar-refractivity contribution in [2.24, 2.45) is 11.7 Å². The molecule has 1 saturated heterocycles. The smallest absolute Gasteiger partial charge is 0.258 e. The molecule has 6 rings (SSSR count). The summed E-state index contributed by atoms with van der Waals surface area (Å²) in [4.78, 5) is 28.2. The van der Waals surface area contributed by atoms with Gasteiger partial charge in [-0.2, -0.15) is 14.7 Å². The number of carbonyl (C=O) groups is 2. The van der Waals surface area contributed by atoms with Crippen molar-refractivity contribution in [3.8, 4) is 11.8 Å². The van der Waals surface area contributed by atoms with Gasteiger partial charge in [0, 0.05) is 43.3 Å². The van der Waals surface area contributed by atoms with Crippen LogP contribution in [0.3, 0.4) is 0 Å². The van der Waals surface area contributed by atoms with E-state index in [9.17, 15) is 18.0 Å². The molecular formula is C32H37N7O4S. The number of hydrogen-bond donors (Lipinski definition) is 2. The number of carbonyl (C=O) groups excluding carboxylic acids is 2. The lowest BCUT2D eigenvalue weighted by atomic mass is 9.87. The fourth-order valence-corrected chi connectivity index (χ4v) is 7.81. The van der Waals surface area contributed by atoms with E-state index < -0.39 is 15.9 Å². The fourth-order valence-electron chi connectivity index (χ4n) is 6.34. The Morgan fingerprint density at radius 2 is 1.80 bits per heavy atom. The molecule has 1 aliphatic carbocycles. The number of hydrogen-bond acceptors (Lipinski definition) is 7. The molecule has 3 aliphatic rings. The standard InChI is InChI=1S/C32H37N7O4S/c1-20-29-28(17-32(2,3)38(31(29)41)19-22-4-5-22)39(36-20)24-8-11-26(30(34)40)27(16-24)35-23-12-14-37(15-13-23)44(42,43)25-9-6-21(18-33)7-10-25/h6-11,16,22-23,35H,4-5,12-15,17,19H2,1-3H3,(H2,34,40). The van der Waals surface area contributed by atoms with E-state index in [1.165, 1.54) is 41.4 Å². The first kappa shape index (κ1) is 29.8. The Balaban J connectivity index is 1.23. The number of fused-ring (bicyclic) bond motifs is 1. The number of primary amides is 1. The predicted octanol–water partition coefficient (Wildman–Crippen LogP) is 3.60. The minimum Gasteiger partial charge on any atom is -0.382 e. The SMILES string of the molecule is Cc1nn(-c2ccc(C(N)=O)c(NC3CCN(S(=O)(=O)c4ccc(C#N)cc4)CC3)c2)c2c1C(=O)N(CC1CC1)C(C)(C)C2. The van der Waals surface area contributed by atoms with E-state index >= 15 is 0 Å². The Morgan fingerprint density at radius 3 is 2.41 bits per heavy atom. The van der Waals surface area contributed by atoms with E-state index in [4.69, 9.17) is 16.1 Å². The molecule has 11 nitrogen and oxygen atoms in total. The second kappa shape index (κ2) is 11.1. The number of nitrogens with two attached hydrogens (primary N) is 1. The number of aryl methyl sites for hydroxylation is 1. The van der Waals surface area contributed by atoms with Gasteiger partial charge in [-0.3, -0.25) is 9.59 Å². The third-order valence-electron chi connectivity index (χ3n) is 9.03. The zero-order chi connectivity index (χ0) is 31.4. The van der Waals surface area contributed by atoms with Gasteiger partial charge in [0.05, 0.1) is 44.7 Å². The van der Waals surface area contributed by atoms with Crippen molar-refractivity contribution in [3.05, 3.63) is 70.5 Å². The molecule has 2 amide bonds. The first-order valence-corrected chi connectivity index (χ1v) is 16.4. The van der Waals surface area contributed by atoms with Gasteiger partial charge in [-0.25, -0.2) is 13.1 Å². The van der Waals surface area contributed by atoms with Crippen LogP contribution in [0.25, 0.3) is 5.69 Å². The molecule has 1 aromatic heterocycles. The average molecular weight is 616 g/mol. The molecule has 0 spiro atoms. The first-order valence-electron chi connectivity index (χ1n) is 15.0. The Kier molecular flexibility index (Phi) is 7.50. The molecule has 230 valence electrons. The van der Waals surface area contributed by atoms with E-state index in [2.05, 4.69) is 19.2 Å². The number of benzene rings is 2. The minimum absolute atomic E-state index is 0.0155. The van der Waals surface area contributed by atoms with E-state index in [0.717, 1.165) is 12.2 Å². The van der Waals surface area contributed by atoms with Crippen LogP contribution in [0.5, 0.6) is 0 Å². The van der Waals surface area contributed by atoms with Gasteiger partial charge in [0.1, 0.15) is 0 Å². The maximum atomic E-state index is 13.7. The molecule has 3 N–H and O–H groups in total. The zero-order valence-corrected chi connectivity index (χ0v) is 26.0. The molecule has 0 unspecified atom stereocenters. The summed E-state index contributed by atoms with van der Waals surface area (Å²) < 4.78 is 29.6. The van der Waals surface area contributed by atoms with Crippen molar-refractivity contribution in [3.63, 3.8) is 0 Å².